The van der Waals surface area contributed by atoms with E-state index in [1.807, 2.05) is 41.3 Å². The van der Waals surface area contributed by atoms with Crippen molar-refractivity contribution in [3.05, 3.63) is 132 Å². The van der Waals surface area contributed by atoms with Gasteiger partial charge in [0, 0.05) is 35.0 Å². The van der Waals surface area contributed by atoms with E-state index in [-0.39, 0.29) is 26.5 Å². The molecule has 6 heteroatoms. The van der Waals surface area contributed by atoms with Gasteiger partial charge in [-0.15, -0.1) is 35.7 Å². The van der Waals surface area contributed by atoms with Gasteiger partial charge < -0.3 is 9.30 Å². The Morgan fingerprint density at radius 2 is 1.55 bits per heavy atom. The van der Waals surface area contributed by atoms with Crippen LogP contribution < -0.4 is 4.74 Å². The summed E-state index contributed by atoms with van der Waals surface area (Å²) in [4.78, 5) is 4.76. The maximum atomic E-state index is 6.39. The van der Waals surface area contributed by atoms with Crippen LogP contribution in [0, 0.1) is 26.0 Å². The summed E-state index contributed by atoms with van der Waals surface area (Å²) in [5, 5.41) is 6.96. The van der Waals surface area contributed by atoms with Crippen molar-refractivity contribution in [3.63, 3.8) is 0 Å². The largest absolute Gasteiger partial charge is 2.00 e. The standard InChI is InChI=1S/C41H38N4O.Pt/c1-26(2)29-17-18-42-39(21-29)45-37-14-9-8-13-35(37)36-16-15-34(23-38(36)45)46-33-12-10-11-32(22-33)44-25-30(24-43-44)40-27(3)19-31(20-28(40)4)41(5,6)7;/h8-21,24-26H,1-7H3;/q-2;+2. The van der Waals surface area contributed by atoms with Crippen LogP contribution >= 0.6 is 0 Å². The van der Waals surface area contributed by atoms with Gasteiger partial charge in [0.25, 0.3) is 0 Å². The van der Waals surface area contributed by atoms with Gasteiger partial charge in [-0.1, -0.05) is 70.5 Å². The predicted octanol–water partition coefficient (Wildman–Crippen LogP) is 10.5. The van der Waals surface area contributed by atoms with E-state index < -0.39 is 0 Å². The fraction of sp³-hybridized carbons (Fsp3) is 0.220. The second-order valence-corrected chi connectivity index (χ2v) is 13.5. The molecule has 0 fully saturated rings. The van der Waals surface area contributed by atoms with E-state index in [0.29, 0.717) is 17.4 Å². The third kappa shape index (κ3) is 6.17. The molecule has 4 aromatic carbocycles. The van der Waals surface area contributed by atoms with Crippen LogP contribution in [0.2, 0.25) is 0 Å². The molecule has 47 heavy (non-hydrogen) atoms. The average Bonchev–Trinajstić information content (AvgIpc) is 3.63. The Kier molecular flexibility index (Phi) is 8.72. The number of benzene rings is 4. The van der Waals surface area contributed by atoms with Crippen molar-refractivity contribution in [2.75, 3.05) is 0 Å². The molecule has 3 aromatic heterocycles. The number of aryl methyl sites for hydroxylation is 2. The fourth-order valence-corrected chi connectivity index (χ4v) is 6.27. The van der Waals surface area contributed by atoms with Gasteiger partial charge in [0.1, 0.15) is 5.82 Å². The van der Waals surface area contributed by atoms with Crippen LogP contribution in [0.4, 0.5) is 0 Å². The predicted molar refractivity (Wildman–Crippen MR) is 188 cm³/mol. The third-order valence-electron chi connectivity index (χ3n) is 8.71. The molecule has 238 valence electrons. The van der Waals surface area contributed by atoms with E-state index in [1.54, 1.807) is 0 Å². The van der Waals surface area contributed by atoms with Gasteiger partial charge in [-0.2, -0.15) is 17.2 Å². The van der Waals surface area contributed by atoms with Crippen LogP contribution in [0.15, 0.2) is 97.5 Å². The van der Waals surface area contributed by atoms with Crippen LogP contribution in [0.25, 0.3) is 44.4 Å². The molecule has 7 rings (SSSR count). The zero-order valence-corrected chi connectivity index (χ0v) is 30.1. The van der Waals surface area contributed by atoms with Gasteiger partial charge in [-0.3, -0.25) is 4.68 Å². The number of nitrogens with zero attached hydrogens (tertiary/aromatic N) is 4. The van der Waals surface area contributed by atoms with Gasteiger partial charge in [-0.05, 0) is 82.3 Å². The molecule has 0 unspecified atom stereocenters. The number of aromatic nitrogens is 4. The second kappa shape index (κ2) is 12.6. The van der Waals surface area contributed by atoms with Crippen molar-refractivity contribution in [2.24, 2.45) is 0 Å². The first kappa shape index (κ1) is 32.5. The van der Waals surface area contributed by atoms with Gasteiger partial charge in [-0.25, -0.2) is 4.98 Å². The molecule has 0 atom stereocenters. The third-order valence-corrected chi connectivity index (χ3v) is 8.71. The van der Waals surface area contributed by atoms with E-state index in [4.69, 9.17) is 14.8 Å². The summed E-state index contributed by atoms with van der Waals surface area (Å²) in [5.74, 6) is 2.46. The van der Waals surface area contributed by atoms with E-state index >= 15 is 0 Å². The van der Waals surface area contributed by atoms with Crippen LogP contribution in [0.1, 0.15) is 62.8 Å². The minimum Gasteiger partial charge on any atom is -0.509 e. The maximum absolute atomic E-state index is 6.39. The zero-order valence-electron chi connectivity index (χ0n) is 27.8. The molecule has 0 spiro atoms. The molecule has 0 radical (unpaired) electrons. The number of rotatable bonds is 6. The maximum Gasteiger partial charge on any atom is 2.00 e. The number of ether oxygens (including phenoxy) is 1. The molecular weight excluding hydrogens is 760 g/mol. The van der Waals surface area contributed by atoms with Crippen molar-refractivity contribution < 1.29 is 25.8 Å². The SMILES string of the molecule is Cc1cc(C(C)(C)C)cc(C)c1-c1cnn(-c2[c-]c(Oc3[c-]c4c(cc3)c3ccccc3n4-c3cc(C(C)C)ccn3)ccc2)c1.[Pt+2]. The molecule has 0 aliphatic carbocycles. The van der Waals surface area contributed by atoms with Crippen molar-refractivity contribution in [2.45, 2.75) is 59.8 Å². The summed E-state index contributed by atoms with van der Waals surface area (Å²) in [6, 6.07) is 34.1. The Labute approximate surface area is 291 Å². The van der Waals surface area contributed by atoms with Crippen LogP contribution in [-0.2, 0) is 26.5 Å². The summed E-state index contributed by atoms with van der Waals surface area (Å²) in [5.41, 5.74) is 10.3. The number of para-hydroxylation sites is 1. The first-order valence-electron chi connectivity index (χ1n) is 15.9. The van der Waals surface area contributed by atoms with Gasteiger partial charge in [0.2, 0.25) is 0 Å². The van der Waals surface area contributed by atoms with Gasteiger partial charge in [0.15, 0.2) is 0 Å². The van der Waals surface area contributed by atoms with Crippen molar-refractivity contribution >= 4 is 21.8 Å². The number of fused-ring (bicyclic) bond motifs is 3. The molecule has 0 aliphatic rings. The second-order valence-electron chi connectivity index (χ2n) is 13.5. The summed E-state index contributed by atoms with van der Waals surface area (Å²) in [6.07, 6.45) is 5.88. The molecular formula is C41H38N4OPt. The fourth-order valence-electron chi connectivity index (χ4n) is 6.27. The van der Waals surface area contributed by atoms with Crippen molar-refractivity contribution in [1.29, 1.82) is 0 Å². The Balaban J connectivity index is 0.00000386. The smallest absolute Gasteiger partial charge is 0.509 e. The molecule has 3 heterocycles. The molecule has 0 saturated carbocycles. The first-order chi connectivity index (χ1) is 22.1. The molecule has 0 saturated heterocycles. The monoisotopic (exact) mass is 797 g/mol. The minimum absolute atomic E-state index is 0. The molecule has 0 N–H and O–H groups in total. The summed E-state index contributed by atoms with van der Waals surface area (Å²) < 4.78 is 10.4. The van der Waals surface area contributed by atoms with E-state index in [1.165, 1.54) is 27.8 Å². The Morgan fingerprint density at radius 3 is 2.30 bits per heavy atom. The van der Waals surface area contributed by atoms with Crippen LogP contribution in [-0.4, -0.2) is 19.3 Å². The van der Waals surface area contributed by atoms with E-state index in [9.17, 15) is 0 Å². The number of hydrogen-bond donors (Lipinski definition) is 0. The van der Waals surface area contributed by atoms with Crippen LogP contribution in [0.5, 0.6) is 11.5 Å². The quantitative estimate of drug-likeness (QED) is 0.158. The summed E-state index contributed by atoms with van der Waals surface area (Å²) >= 11 is 0. The number of pyridine rings is 1. The zero-order chi connectivity index (χ0) is 32.2. The Bertz CT molecular complexity index is 2210. The molecule has 0 bridgehead atoms. The summed E-state index contributed by atoms with van der Waals surface area (Å²) in [7, 11) is 0. The minimum atomic E-state index is 0. The molecule has 0 aliphatic heterocycles. The Hall–Kier alpha value is -4.47. The van der Waals surface area contributed by atoms with E-state index in [0.717, 1.165) is 38.9 Å². The molecule has 5 nitrogen and oxygen atoms in total. The number of hydrogen-bond acceptors (Lipinski definition) is 3. The molecule has 7 aromatic rings. The van der Waals surface area contributed by atoms with E-state index in [2.05, 4.69) is 126 Å². The summed E-state index contributed by atoms with van der Waals surface area (Å²) in [6.45, 7) is 15.5. The first-order valence-corrected chi connectivity index (χ1v) is 15.9. The van der Waals surface area contributed by atoms with Crippen molar-refractivity contribution in [3.8, 4) is 34.1 Å². The van der Waals surface area contributed by atoms with Gasteiger partial charge >= 0.3 is 21.1 Å². The van der Waals surface area contributed by atoms with Gasteiger partial charge in [0.05, 0.1) is 6.20 Å². The topological polar surface area (TPSA) is 44.9 Å². The van der Waals surface area contributed by atoms with Crippen molar-refractivity contribution in [1.82, 2.24) is 19.3 Å². The Morgan fingerprint density at radius 1 is 0.809 bits per heavy atom. The molecule has 0 amide bonds. The normalized spacial score (nSPS) is 11.7. The average molecular weight is 798 g/mol. The van der Waals surface area contributed by atoms with Crippen LogP contribution in [0.3, 0.4) is 0 Å².